The second-order valence-electron chi connectivity index (χ2n) is 4.32. The van der Waals surface area contributed by atoms with Crippen LogP contribution in [0.3, 0.4) is 0 Å². The van der Waals surface area contributed by atoms with Crippen LogP contribution in [0.1, 0.15) is 30.1 Å². The summed E-state index contributed by atoms with van der Waals surface area (Å²) in [4.78, 5) is 12.5. The Labute approximate surface area is 113 Å². The van der Waals surface area contributed by atoms with Gasteiger partial charge in [-0.25, -0.2) is 8.78 Å². The summed E-state index contributed by atoms with van der Waals surface area (Å²) < 4.78 is 63.1. The van der Waals surface area contributed by atoms with Crippen LogP contribution in [0.25, 0.3) is 0 Å². The van der Waals surface area contributed by atoms with Crippen LogP contribution in [0, 0.1) is 11.6 Å². The van der Waals surface area contributed by atoms with Gasteiger partial charge in [-0.3, -0.25) is 4.79 Å². The molecule has 0 saturated carbocycles. The van der Waals surface area contributed by atoms with Crippen molar-refractivity contribution >= 4 is 5.91 Å². The summed E-state index contributed by atoms with van der Waals surface area (Å²) in [5, 5.41) is 0. The van der Waals surface area contributed by atoms with Crippen LogP contribution in [0.2, 0.25) is 0 Å². The topological polar surface area (TPSA) is 20.3 Å². The largest absolute Gasteiger partial charge is 0.406 e. The van der Waals surface area contributed by atoms with E-state index in [1.54, 1.807) is 6.92 Å². The van der Waals surface area contributed by atoms with Crippen molar-refractivity contribution in [3.05, 3.63) is 35.4 Å². The molecular formula is C13H14F5NO. The minimum absolute atomic E-state index is 0.0894. The van der Waals surface area contributed by atoms with Crippen molar-refractivity contribution in [3.8, 4) is 0 Å². The van der Waals surface area contributed by atoms with Crippen LogP contribution in [0.15, 0.2) is 18.2 Å². The van der Waals surface area contributed by atoms with Gasteiger partial charge in [0, 0.05) is 12.1 Å². The molecule has 0 aromatic heterocycles. The monoisotopic (exact) mass is 295 g/mol. The Morgan fingerprint density at radius 1 is 1.20 bits per heavy atom. The standard InChI is InChI=1S/C13H14F5NO/c1-2-3-6-19(8-13(16,17)18)12(20)9-4-5-10(14)11(15)7-9/h4-5,7H,2-3,6,8H2,1H3. The Morgan fingerprint density at radius 3 is 2.35 bits per heavy atom. The molecule has 0 aliphatic heterocycles. The molecule has 7 heteroatoms. The summed E-state index contributed by atoms with van der Waals surface area (Å²) in [7, 11) is 0. The molecule has 0 spiro atoms. The normalized spacial score (nSPS) is 11.5. The zero-order valence-electron chi connectivity index (χ0n) is 10.8. The Kier molecular flexibility index (Phi) is 5.47. The van der Waals surface area contributed by atoms with Gasteiger partial charge in [0.05, 0.1) is 0 Å². The molecule has 0 bridgehead atoms. The molecule has 112 valence electrons. The van der Waals surface area contributed by atoms with Crippen molar-refractivity contribution in [1.29, 1.82) is 0 Å². The smallest absolute Gasteiger partial charge is 0.330 e. The highest BCUT2D eigenvalue weighted by Crippen LogP contribution is 2.19. The van der Waals surface area contributed by atoms with Gasteiger partial charge < -0.3 is 4.90 Å². The van der Waals surface area contributed by atoms with Crippen LogP contribution in [0.4, 0.5) is 22.0 Å². The number of unbranched alkanes of at least 4 members (excludes halogenated alkanes) is 1. The van der Waals surface area contributed by atoms with Gasteiger partial charge >= 0.3 is 6.18 Å². The lowest BCUT2D eigenvalue weighted by Crippen LogP contribution is -2.39. The lowest BCUT2D eigenvalue weighted by atomic mass is 10.1. The number of halogens is 5. The lowest BCUT2D eigenvalue weighted by Gasteiger charge is -2.24. The van der Waals surface area contributed by atoms with Crippen LogP contribution in [-0.4, -0.2) is 30.1 Å². The molecule has 0 heterocycles. The third-order valence-electron chi connectivity index (χ3n) is 2.61. The number of nitrogens with zero attached hydrogens (tertiary/aromatic N) is 1. The van der Waals surface area contributed by atoms with Crippen LogP contribution >= 0.6 is 0 Å². The maximum atomic E-state index is 13.0. The first-order valence-corrected chi connectivity index (χ1v) is 6.05. The average Bonchev–Trinajstić information content (AvgIpc) is 2.35. The fourth-order valence-corrected chi connectivity index (χ4v) is 1.63. The van der Waals surface area contributed by atoms with E-state index in [-0.39, 0.29) is 12.1 Å². The van der Waals surface area contributed by atoms with Gasteiger partial charge in [0.1, 0.15) is 6.54 Å². The van der Waals surface area contributed by atoms with Gasteiger partial charge in [0.2, 0.25) is 0 Å². The third kappa shape index (κ3) is 4.79. The Balaban J connectivity index is 2.93. The van der Waals surface area contributed by atoms with Gasteiger partial charge in [-0.1, -0.05) is 13.3 Å². The van der Waals surface area contributed by atoms with Crippen LogP contribution in [0.5, 0.6) is 0 Å². The van der Waals surface area contributed by atoms with Crippen molar-refractivity contribution in [2.75, 3.05) is 13.1 Å². The van der Waals surface area contributed by atoms with Crippen molar-refractivity contribution in [2.45, 2.75) is 25.9 Å². The first-order valence-electron chi connectivity index (χ1n) is 6.05. The van der Waals surface area contributed by atoms with Gasteiger partial charge in [0.25, 0.3) is 5.91 Å². The van der Waals surface area contributed by atoms with Gasteiger partial charge in [-0.05, 0) is 24.6 Å². The van der Waals surface area contributed by atoms with E-state index in [4.69, 9.17) is 0 Å². The predicted octanol–water partition coefficient (Wildman–Crippen LogP) is 3.77. The van der Waals surface area contributed by atoms with Gasteiger partial charge in [-0.15, -0.1) is 0 Å². The zero-order chi connectivity index (χ0) is 15.3. The third-order valence-corrected chi connectivity index (χ3v) is 2.61. The highest BCUT2D eigenvalue weighted by Gasteiger charge is 2.33. The molecular weight excluding hydrogens is 281 g/mol. The van der Waals surface area contributed by atoms with E-state index < -0.39 is 30.3 Å². The summed E-state index contributed by atoms with van der Waals surface area (Å²) in [6.45, 7) is 0.270. The number of carbonyl (C=O) groups excluding carboxylic acids is 1. The Hall–Kier alpha value is -1.66. The fourth-order valence-electron chi connectivity index (χ4n) is 1.63. The van der Waals surface area contributed by atoms with E-state index in [1.165, 1.54) is 0 Å². The molecule has 1 amide bonds. The van der Waals surface area contributed by atoms with Crippen molar-refractivity contribution in [3.63, 3.8) is 0 Å². The van der Waals surface area contributed by atoms with E-state index in [1.807, 2.05) is 0 Å². The van der Waals surface area contributed by atoms with E-state index in [9.17, 15) is 26.7 Å². The number of carbonyl (C=O) groups is 1. The summed E-state index contributed by atoms with van der Waals surface area (Å²) in [6.07, 6.45) is -3.53. The molecule has 0 unspecified atom stereocenters. The van der Waals surface area contributed by atoms with Crippen molar-refractivity contribution < 1.29 is 26.7 Å². The molecule has 0 N–H and O–H groups in total. The maximum Gasteiger partial charge on any atom is 0.406 e. The molecule has 0 atom stereocenters. The maximum absolute atomic E-state index is 13.0. The highest BCUT2D eigenvalue weighted by atomic mass is 19.4. The Morgan fingerprint density at radius 2 is 1.85 bits per heavy atom. The van der Waals surface area contributed by atoms with E-state index >= 15 is 0 Å². The zero-order valence-corrected chi connectivity index (χ0v) is 10.8. The predicted molar refractivity (Wildman–Crippen MR) is 63.2 cm³/mol. The molecule has 2 nitrogen and oxygen atoms in total. The molecule has 1 aromatic carbocycles. The van der Waals surface area contributed by atoms with Crippen molar-refractivity contribution in [1.82, 2.24) is 4.90 Å². The average molecular weight is 295 g/mol. The second kappa shape index (κ2) is 6.67. The molecule has 0 aliphatic rings. The number of hydrogen-bond donors (Lipinski definition) is 0. The van der Waals surface area contributed by atoms with Crippen LogP contribution < -0.4 is 0 Å². The minimum atomic E-state index is -4.54. The number of hydrogen-bond acceptors (Lipinski definition) is 1. The minimum Gasteiger partial charge on any atom is -0.330 e. The first kappa shape index (κ1) is 16.4. The number of alkyl halides is 3. The summed E-state index contributed by atoms with van der Waals surface area (Å²) in [5.74, 6) is -3.38. The highest BCUT2D eigenvalue weighted by molar-refractivity contribution is 5.94. The number of rotatable bonds is 5. The SMILES string of the molecule is CCCCN(CC(F)(F)F)C(=O)c1ccc(F)c(F)c1. The molecule has 0 radical (unpaired) electrons. The summed E-state index contributed by atoms with van der Waals surface area (Å²) in [6, 6.07) is 2.29. The Bertz CT molecular complexity index is 472. The summed E-state index contributed by atoms with van der Waals surface area (Å²) >= 11 is 0. The van der Waals surface area contributed by atoms with Gasteiger partial charge in [-0.2, -0.15) is 13.2 Å². The fraction of sp³-hybridized carbons (Fsp3) is 0.462. The van der Waals surface area contributed by atoms with Gasteiger partial charge in [0.15, 0.2) is 11.6 Å². The molecule has 20 heavy (non-hydrogen) atoms. The number of benzene rings is 1. The second-order valence-corrected chi connectivity index (χ2v) is 4.32. The number of amides is 1. The molecule has 0 aliphatic carbocycles. The van der Waals surface area contributed by atoms with Crippen molar-refractivity contribution in [2.24, 2.45) is 0 Å². The van der Waals surface area contributed by atoms with Crippen LogP contribution in [-0.2, 0) is 0 Å². The molecule has 1 aromatic rings. The quantitative estimate of drug-likeness (QED) is 0.757. The van der Waals surface area contributed by atoms with E-state index in [0.29, 0.717) is 29.9 Å². The van der Waals surface area contributed by atoms with E-state index in [0.717, 1.165) is 6.07 Å². The summed E-state index contributed by atoms with van der Waals surface area (Å²) in [5.41, 5.74) is -0.302. The van der Waals surface area contributed by atoms with E-state index in [2.05, 4.69) is 0 Å². The molecule has 1 rings (SSSR count). The lowest BCUT2D eigenvalue weighted by molar-refractivity contribution is -0.140. The molecule has 0 fully saturated rings. The first-order chi connectivity index (χ1) is 9.24. The molecule has 0 saturated heterocycles.